The van der Waals surface area contributed by atoms with Crippen molar-refractivity contribution >= 4 is 32.1 Å². The van der Waals surface area contributed by atoms with Gasteiger partial charge in [0.05, 0.1) is 17.4 Å². The van der Waals surface area contributed by atoms with Gasteiger partial charge in [0.2, 0.25) is 5.88 Å². The molecule has 2 rings (SSSR count). The van der Waals surface area contributed by atoms with E-state index in [0.29, 0.717) is 22.9 Å². The van der Waals surface area contributed by atoms with Gasteiger partial charge in [-0.05, 0) is 12.1 Å². The van der Waals surface area contributed by atoms with E-state index in [1.54, 1.807) is 0 Å². The molecule has 0 saturated carbocycles. The van der Waals surface area contributed by atoms with Gasteiger partial charge in [-0.1, -0.05) is 0 Å². The quantitative estimate of drug-likeness (QED) is 0.247. The third-order valence-corrected chi connectivity index (χ3v) is 4.57. The molecule has 6 N–H and O–H groups in total. The lowest BCUT2D eigenvalue weighted by Gasteiger charge is -2.11. The zero-order valence-corrected chi connectivity index (χ0v) is 13.4. The van der Waals surface area contributed by atoms with Gasteiger partial charge in [-0.25, -0.2) is 9.48 Å². The van der Waals surface area contributed by atoms with Crippen molar-refractivity contribution in [3.63, 3.8) is 0 Å². The van der Waals surface area contributed by atoms with Crippen LogP contribution in [0.2, 0.25) is 0 Å². The predicted octanol–water partition coefficient (Wildman–Crippen LogP) is -0.702. The number of nitrogens with two attached hydrogens (primary N) is 1. The fraction of sp³-hybridized carbons (Fsp3) is 0. The molecule has 2 aromatic rings. The largest absolute Gasteiger partial charge is 0.512 e. The Kier molecular flexibility index (Phi) is 4.34. The molecule has 136 valence electrons. The molecule has 25 heavy (non-hydrogen) atoms. The number of nitrogen functional groups attached to an aromatic ring is 1. The number of carboxylic acid groups (broad SMARTS) is 1. The zero-order valence-electron chi connectivity index (χ0n) is 11.8. The first-order chi connectivity index (χ1) is 11.3. The molecule has 0 saturated heterocycles. The second kappa shape index (κ2) is 5.88. The summed E-state index contributed by atoms with van der Waals surface area (Å²) < 4.78 is 68.4. The van der Waals surface area contributed by atoms with Gasteiger partial charge in [0.25, 0.3) is 25.8 Å². The van der Waals surface area contributed by atoms with Gasteiger partial charge in [-0.2, -0.15) is 16.8 Å². The Morgan fingerprint density at radius 3 is 2.12 bits per heavy atom. The first kappa shape index (κ1) is 18.5. The van der Waals surface area contributed by atoms with Crippen LogP contribution in [0.4, 0.5) is 10.5 Å². The lowest BCUT2D eigenvalue weighted by atomic mass is 10.3. The maximum Gasteiger partial charge on any atom is 0.512 e. The van der Waals surface area contributed by atoms with Crippen molar-refractivity contribution in [3.8, 4) is 11.6 Å². The number of benzene rings is 1. The first-order valence-corrected chi connectivity index (χ1v) is 8.80. The number of hydrogen-bond donors (Lipinski definition) is 5. The molecule has 0 aliphatic heterocycles. The molecule has 1 aromatic heterocycles. The maximum absolute atomic E-state index is 11.9. The van der Waals surface area contributed by atoms with Crippen LogP contribution in [-0.2, 0) is 20.2 Å². The highest BCUT2D eigenvalue weighted by Gasteiger charge is 2.25. The van der Waals surface area contributed by atoms with Gasteiger partial charge in [-0.3, -0.25) is 19.0 Å². The van der Waals surface area contributed by atoms with E-state index in [9.17, 15) is 31.0 Å². The van der Waals surface area contributed by atoms with E-state index in [0.717, 1.165) is 0 Å². The zero-order chi connectivity index (χ0) is 19.2. The van der Waals surface area contributed by atoms with Crippen LogP contribution < -0.4 is 16.0 Å². The van der Waals surface area contributed by atoms with Crippen LogP contribution in [0.1, 0.15) is 0 Å². The number of H-pyrrole nitrogens is 1. The number of aromatic amines is 1. The molecule has 13 nitrogen and oxygen atoms in total. The number of aromatic nitrogens is 2. The summed E-state index contributed by atoms with van der Waals surface area (Å²) in [5.74, 6) is -0.621. The molecule has 0 aliphatic carbocycles. The Morgan fingerprint density at radius 2 is 1.64 bits per heavy atom. The van der Waals surface area contributed by atoms with Crippen molar-refractivity contribution in [2.75, 3.05) is 5.73 Å². The number of ether oxygens (including phenoxy) is 1. The smallest absolute Gasteiger partial charge is 0.449 e. The summed E-state index contributed by atoms with van der Waals surface area (Å²) in [5.41, 5.74) is 2.81. The number of carbonyl (C=O) groups is 1. The molecule has 0 amide bonds. The van der Waals surface area contributed by atoms with Gasteiger partial charge in [0, 0.05) is 0 Å². The Bertz CT molecular complexity index is 1130. The number of hydrogen-bond acceptors (Lipinski definition) is 8. The van der Waals surface area contributed by atoms with Gasteiger partial charge in [-0.15, -0.1) is 0 Å². The minimum Gasteiger partial charge on any atom is -0.449 e. The summed E-state index contributed by atoms with van der Waals surface area (Å²) in [6.07, 6.45) is -1.79. The Labute approximate surface area is 138 Å². The number of anilines is 1. The summed E-state index contributed by atoms with van der Waals surface area (Å²) >= 11 is 0. The van der Waals surface area contributed by atoms with Crippen molar-refractivity contribution in [1.82, 2.24) is 9.78 Å². The Balaban J connectivity index is 2.86. The number of nitrogens with zero attached hydrogens (tertiary/aromatic N) is 1. The van der Waals surface area contributed by atoms with Crippen molar-refractivity contribution in [2.45, 2.75) is 9.79 Å². The van der Waals surface area contributed by atoms with Gasteiger partial charge < -0.3 is 15.6 Å². The van der Waals surface area contributed by atoms with Crippen molar-refractivity contribution in [2.24, 2.45) is 0 Å². The van der Waals surface area contributed by atoms with E-state index in [4.69, 9.17) is 15.4 Å². The average molecular weight is 395 g/mol. The lowest BCUT2D eigenvalue weighted by molar-refractivity contribution is 0.142. The Hall–Kier alpha value is -2.88. The normalized spacial score (nSPS) is 12.1. The summed E-state index contributed by atoms with van der Waals surface area (Å²) in [6.45, 7) is 0. The van der Waals surface area contributed by atoms with Crippen LogP contribution in [0.25, 0.3) is 5.69 Å². The third-order valence-electron chi connectivity index (χ3n) is 2.78. The summed E-state index contributed by atoms with van der Waals surface area (Å²) in [7, 11) is -9.90. The third kappa shape index (κ3) is 3.79. The fourth-order valence-electron chi connectivity index (χ4n) is 1.87. The van der Waals surface area contributed by atoms with Crippen LogP contribution >= 0.6 is 0 Å². The van der Waals surface area contributed by atoms with E-state index >= 15 is 0 Å². The van der Waals surface area contributed by atoms with Crippen LogP contribution in [-0.4, -0.2) is 47.0 Å². The standard InChI is InChI=1S/C10H9N3O10S2/c11-4-1-7(25(20,21)22)5(2-6(4)24(17,18)19)13-9(14)3-8(12-13)23-10(15)16/h1-3,12H,11H2,(H,15,16)(H,17,18,19)(H,20,21,22). The minimum absolute atomic E-state index is 0.371. The fourth-order valence-corrected chi connectivity index (χ4v) is 3.18. The molecule has 0 aliphatic rings. The highest BCUT2D eigenvalue weighted by Crippen LogP contribution is 2.28. The van der Waals surface area contributed by atoms with Gasteiger partial charge in [0.15, 0.2) is 0 Å². The molecule has 1 aromatic carbocycles. The molecule has 1 heterocycles. The van der Waals surface area contributed by atoms with Crippen LogP contribution in [0, 0.1) is 0 Å². The first-order valence-electron chi connectivity index (χ1n) is 5.92. The second-order valence-electron chi connectivity index (χ2n) is 4.47. The SMILES string of the molecule is Nc1cc(S(=O)(=O)O)c(-n2[nH]c(OC(=O)O)cc2=O)cc1S(=O)(=O)O. The van der Waals surface area contributed by atoms with Crippen LogP contribution in [0.15, 0.2) is 32.8 Å². The molecule has 15 heteroatoms. The van der Waals surface area contributed by atoms with Crippen molar-refractivity contribution < 1.29 is 40.6 Å². The molecule has 0 spiro atoms. The monoisotopic (exact) mass is 395 g/mol. The highest BCUT2D eigenvalue weighted by molar-refractivity contribution is 7.86. The van der Waals surface area contributed by atoms with Gasteiger partial charge in [0.1, 0.15) is 9.79 Å². The molecule has 0 fully saturated rings. The molecule has 0 bridgehead atoms. The highest BCUT2D eigenvalue weighted by atomic mass is 32.2. The minimum atomic E-state index is -4.99. The van der Waals surface area contributed by atoms with E-state index in [2.05, 4.69) is 4.74 Å². The van der Waals surface area contributed by atoms with Gasteiger partial charge >= 0.3 is 6.16 Å². The van der Waals surface area contributed by atoms with E-state index in [-0.39, 0.29) is 0 Å². The molecular weight excluding hydrogens is 386 g/mol. The summed E-state index contributed by atoms with van der Waals surface area (Å²) in [6, 6.07) is 1.61. The van der Waals surface area contributed by atoms with Crippen molar-refractivity contribution in [3.05, 3.63) is 28.6 Å². The summed E-state index contributed by atoms with van der Waals surface area (Å²) in [5, 5.41) is 10.5. The van der Waals surface area contributed by atoms with Crippen LogP contribution in [0.3, 0.4) is 0 Å². The Morgan fingerprint density at radius 1 is 1.08 bits per heavy atom. The number of rotatable bonds is 4. The second-order valence-corrected chi connectivity index (χ2v) is 7.25. The molecular formula is C10H9N3O10S2. The van der Waals surface area contributed by atoms with Crippen molar-refractivity contribution in [1.29, 1.82) is 0 Å². The molecule has 0 unspecified atom stereocenters. The molecule has 0 atom stereocenters. The predicted molar refractivity (Wildman–Crippen MR) is 79.1 cm³/mol. The average Bonchev–Trinajstić information content (AvgIpc) is 2.75. The summed E-state index contributed by atoms with van der Waals surface area (Å²) in [4.78, 5) is 20.4. The maximum atomic E-state index is 11.9. The van der Waals surface area contributed by atoms with Crippen LogP contribution in [0.5, 0.6) is 5.88 Å². The van der Waals surface area contributed by atoms with E-state index in [1.807, 2.05) is 5.10 Å². The topological polar surface area (TPSA) is 219 Å². The molecule has 0 radical (unpaired) electrons. The number of nitrogens with one attached hydrogen (secondary N) is 1. The van der Waals surface area contributed by atoms with E-state index in [1.165, 1.54) is 0 Å². The lowest BCUT2D eigenvalue weighted by Crippen LogP contribution is -2.18. The van der Waals surface area contributed by atoms with E-state index < -0.39 is 59.0 Å².